The minimum atomic E-state index is 0.522. The van der Waals surface area contributed by atoms with Gasteiger partial charge in [0.2, 0.25) is 0 Å². The lowest BCUT2D eigenvalue weighted by Crippen LogP contribution is -2.37. The third-order valence-corrected chi connectivity index (χ3v) is 4.91. The van der Waals surface area contributed by atoms with Crippen molar-refractivity contribution in [2.75, 3.05) is 0 Å². The first-order valence-corrected chi connectivity index (χ1v) is 8.91. The summed E-state index contributed by atoms with van der Waals surface area (Å²) >= 11 is 0. The summed E-state index contributed by atoms with van der Waals surface area (Å²) in [7, 11) is 0. The van der Waals surface area contributed by atoms with Gasteiger partial charge >= 0.3 is 0 Å². The van der Waals surface area contributed by atoms with Gasteiger partial charge in [0.1, 0.15) is 0 Å². The first-order chi connectivity index (χ1) is 10.1. The Balaban J connectivity index is 1.93. The topological polar surface area (TPSA) is 12.0 Å². The van der Waals surface area contributed by atoms with Crippen LogP contribution in [0.1, 0.15) is 76.5 Å². The molecule has 3 unspecified atom stereocenters. The Morgan fingerprint density at radius 2 is 1.86 bits per heavy atom. The maximum atomic E-state index is 3.94. The molecule has 1 heteroatoms. The van der Waals surface area contributed by atoms with Gasteiger partial charge in [-0.2, -0.15) is 0 Å². The molecule has 3 atom stereocenters. The SMILES string of the molecule is CCC(NC1CCCC(CC(C)C)C1)c1ccc(C)cc1. The minimum Gasteiger partial charge on any atom is -0.307 e. The van der Waals surface area contributed by atoms with E-state index in [9.17, 15) is 0 Å². The van der Waals surface area contributed by atoms with Gasteiger partial charge in [-0.25, -0.2) is 0 Å². The fourth-order valence-electron chi connectivity index (χ4n) is 3.86. The van der Waals surface area contributed by atoms with Crippen molar-refractivity contribution in [3.05, 3.63) is 35.4 Å². The Kier molecular flexibility index (Phi) is 6.29. The molecular weight excluding hydrogens is 254 g/mol. The van der Waals surface area contributed by atoms with Gasteiger partial charge in [0.15, 0.2) is 0 Å². The van der Waals surface area contributed by atoms with Gasteiger partial charge in [-0.15, -0.1) is 0 Å². The first kappa shape index (κ1) is 16.5. The lowest BCUT2D eigenvalue weighted by Gasteiger charge is -2.33. The van der Waals surface area contributed by atoms with Crippen molar-refractivity contribution in [1.82, 2.24) is 5.32 Å². The number of rotatable bonds is 6. The molecule has 0 saturated heterocycles. The molecule has 0 bridgehead atoms. The number of benzene rings is 1. The van der Waals surface area contributed by atoms with E-state index in [2.05, 4.69) is 57.3 Å². The molecule has 0 amide bonds. The molecule has 0 spiro atoms. The van der Waals surface area contributed by atoms with Gasteiger partial charge in [-0.3, -0.25) is 0 Å². The monoisotopic (exact) mass is 287 g/mol. The van der Waals surface area contributed by atoms with Crippen LogP contribution in [0.4, 0.5) is 0 Å². The van der Waals surface area contributed by atoms with E-state index in [-0.39, 0.29) is 0 Å². The largest absolute Gasteiger partial charge is 0.307 e. The fraction of sp³-hybridized carbons (Fsp3) is 0.700. The number of hydrogen-bond donors (Lipinski definition) is 1. The van der Waals surface area contributed by atoms with Crippen LogP contribution in [0.25, 0.3) is 0 Å². The van der Waals surface area contributed by atoms with Crippen LogP contribution in [-0.4, -0.2) is 6.04 Å². The molecule has 0 heterocycles. The van der Waals surface area contributed by atoms with Crippen molar-refractivity contribution < 1.29 is 0 Å². The van der Waals surface area contributed by atoms with Crippen LogP contribution in [-0.2, 0) is 0 Å². The Morgan fingerprint density at radius 3 is 2.48 bits per heavy atom. The Hall–Kier alpha value is -0.820. The molecule has 1 aliphatic rings. The van der Waals surface area contributed by atoms with E-state index in [4.69, 9.17) is 0 Å². The first-order valence-electron chi connectivity index (χ1n) is 8.91. The molecule has 1 nitrogen and oxygen atoms in total. The minimum absolute atomic E-state index is 0.522. The molecule has 1 fully saturated rings. The van der Waals surface area contributed by atoms with Crippen molar-refractivity contribution in [2.24, 2.45) is 11.8 Å². The standard InChI is InChI=1S/C20H33N/c1-5-20(18-11-9-16(4)10-12-18)21-19-8-6-7-17(14-19)13-15(2)3/h9-12,15,17,19-21H,5-8,13-14H2,1-4H3. The van der Waals surface area contributed by atoms with Crippen LogP contribution in [0.5, 0.6) is 0 Å². The molecule has 1 aromatic carbocycles. The average molecular weight is 287 g/mol. The van der Waals surface area contributed by atoms with Crippen LogP contribution in [0.3, 0.4) is 0 Å². The van der Waals surface area contributed by atoms with Gasteiger partial charge in [0.05, 0.1) is 0 Å². The van der Waals surface area contributed by atoms with Crippen LogP contribution in [0.15, 0.2) is 24.3 Å². The third-order valence-electron chi connectivity index (χ3n) is 4.91. The molecule has 2 rings (SSSR count). The number of aryl methyl sites for hydroxylation is 1. The molecule has 1 N–H and O–H groups in total. The fourth-order valence-corrected chi connectivity index (χ4v) is 3.86. The van der Waals surface area contributed by atoms with Gasteiger partial charge in [-0.1, -0.05) is 63.4 Å². The number of hydrogen-bond acceptors (Lipinski definition) is 1. The molecule has 0 aromatic heterocycles. The highest BCUT2D eigenvalue weighted by atomic mass is 15.0. The Labute approximate surface area is 131 Å². The van der Waals surface area contributed by atoms with E-state index < -0.39 is 0 Å². The van der Waals surface area contributed by atoms with E-state index in [1.807, 2.05) is 0 Å². The van der Waals surface area contributed by atoms with Crippen molar-refractivity contribution in [3.63, 3.8) is 0 Å². The summed E-state index contributed by atoms with van der Waals surface area (Å²) in [5, 5.41) is 3.94. The second-order valence-electron chi connectivity index (χ2n) is 7.40. The second kappa shape index (κ2) is 7.98. The summed E-state index contributed by atoms with van der Waals surface area (Å²) in [5.74, 6) is 1.78. The van der Waals surface area contributed by atoms with E-state index in [0.717, 1.165) is 11.8 Å². The molecule has 1 aromatic rings. The summed E-state index contributed by atoms with van der Waals surface area (Å²) in [6, 6.07) is 10.3. The molecular formula is C20H33N. The summed E-state index contributed by atoms with van der Waals surface area (Å²) in [6.45, 7) is 9.18. The molecule has 1 saturated carbocycles. The molecule has 118 valence electrons. The third kappa shape index (κ3) is 5.14. The van der Waals surface area contributed by atoms with Gasteiger partial charge in [-0.05, 0) is 50.0 Å². The van der Waals surface area contributed by atoms with Crippen molar-refractivity contribution in [1.29, 1.82) is 0 Å². The molecule has 21 heavy (non-hydrogen) atoms. The quantitative estimate of drug-likeness (QED) is 0.714. The highest BCUT2D eigenvalue weighted by Crippen LogP contribution is 2.31. The highest BCUT2D eigenvalue weighted by Gasteiger charge is 2.24. The summed E-state index contributed by atoms with van der Waals surface area (Å²) in [4.78, 5) is 0. The summed E-state index contributed by atoms with van der Waals surface area (Å²) in [5.41, 5.74) is 2.80. The maximum Gasteiger partial charge on any atom is 0.0320 e. The predicted octanol–water partition coefficient (Wildman–Crippen LogP) is 5.64. The highest BCUT2D eigenvalue weighted by molar-refractivity contribution is 5.24. The lowest BCUT2D eigenvalue weighted by atomic mass is 9.80. The van der Waals surface area contributed by atoms with Crippen LogP contribution < -0.4 is 5.32 Å². The zero-order valence-corrected chi connectivity index (χ0v) is 14.4. The van der Waals surface area contributed by atoms with Crippen molar-refractivity contribution in [2.45, 2.75) is 78.3 Å². The maximum absolute atomic E-state index is 3.94. The molecule has 0 radical (unpaired) electrons. The lowest BCUT2D eigenvalue weighted by molar-refractivity contribution is 0.238. The zero-order valence-electron chi connectivity index (χ0n) is 14.4. The Bertz CT molecular complexity index is 406. The second-order valence-corrected chi connectivity index (χ2v) is 7.40. The van der Waals surface area contributed by atoms with Crippen LogP contribution in [0, 0.1) is 18.8 Å². The van der Waals surface area contributed by atoms with Crippen molar-refractivity contribution in [3.8, 4) is 0 Å². The van der Waals surface area contributed by atoms with Crippen molar-refractivity contribution >= 4 is 0 Å². The van der Waals surface area contributed by atoms with E-state index in [1.165, 1.54) is 49.7 Å². The zero-order chi connectivity index (χ0) is 15.2. The summed E-state index contributed by atoms with van der Waals surface area (Å²) < 4.78 is 0. The smallest absolute Gasteiger partial charge is 0.0320 e. The molecule has 1 aliphatic carbocycles. The Morgan fingerprint density at radius 1 is 1.14 bits per heavy atom. The van der Waals surface area contributed by atoms with E-state index in [1.54, 1.807) is 0 Å². The average Bonchev–Trinajstić information content (AvgIpc) is 2.45. The normalized spacial score (nSPS) is 24.2. The van der Waals surface area contributed by atoms with Crippen LogP contribution >= 0.6 is 0 Å². The van der Waals surface area contributed by atoms with Crippen LogP contribution in [0.2, 0.25) is 0 Å². The van der Waals surface area contributed by atoms with Gasteiger partial charge in [0, 0.05) is 12.1 Å². The van der Waals surface area contributed by atoms with E-state index >= 15 is 0 Å². The predicted molar refractivity (Wildman–Crippen MR) is 92.5 cm³/mol. The number of nitrogens with one attached hydrogen (secondary N) is 1. The van der Waals surface area contributed by atoms with Gasteiger partial charge in [0.25, 0.3) is 0 Å². The molecule has 0 aliphatic heterocycles. The van der Waals surface area contributed by atoms with E-state index in [0.29, 0.717) is 12.1 Å². The summed E-state index contributed by atoms with van der Waals surface area (Å²) in [6.07, 6.45) is 8.16. The van der Waals surface area contributed by atoms with Gasteiger partial charge < -0.3 is 5.32 Å².